The third-order valence-corrected chi connectivity index (χ3v) is 6.45. The third kappa shape index (κ3) is 4.98. The van der Waals surface area contributed by atoms with E-state index in [1.807, 2.05) is 24.3 Å². The van der Waals surface area contributed by atoms with Crippen LogP contribution in [0.1, 0.15) is 36.8 Å². The number of aryl methyl sites for hydroxylation is 1. The van der Waals surface area contributed by atoms with Gasteiger partial charge in [0.2, 0.25) is 5.91 Å². The number of carbonyl (C=O) groups is 1. The number of aromatic nitrogens is 1. The topological polar surface area (TPSA) is 42.0 Å². The minimum absolute atomic E-state index is 0.0610. The molecule has 1 aliphatic rings. The molecular formula is C18H21ClN2OS2. The second kappa shape index (κ2) is 8.37. The van der Waals surface area contributed by atoms with Crippen LogP contribution < -0.4 is 5.32 Å². The lowest BCUT2D eigenvalue weighted by Gasteiger charge is -2.15. The molecule has 1 aromatic carbocycles. The molecule has 3 rings (SSSR count). The van der Waals surface area contributed by atoms with E-state index in [4.69, 9.17) is 11.6 Å². The second-order valence-corrected chi connectivity index (χ2v) is 8.88. The molecule has 0 aliphatic heterocycles. The van der Waals surface area contributed by atoms with E-state index in [9.17, 15) is 4.79 Å². The van der Waals surface area contributed by atoms with Crippen LogP contribution in [0.2, 0.25) is 5.02 Å². The van der Waals surface area contributed by atoms with E-state index < -0.39 is 0 Å². The van der Waals surface area contributed by atoms with Gasteiger partial charge in [0.25, 0.3) is 0 Å². The van der Waals surface area contributed by atoms with E-state index in [0.29, 0.717) is 6.42 Å². The van der Waals surface area contributed by atoms with Gasteiger partial charge in [0.05, 0.1) is 5.69 Å². The Hall–Kier alpha value is -1.04. The summed E-state index contributed by atoms with van der Waals surface area (Å²) in [4.78, 5) is 19.2. The molecule has 0 saturated heterocycles. The predicted molar refractivity (Wildman–Crippen MR) is 103 cm³/mol. The fourth-order valence-electron chi connectivity index (χ4n) is 2.73. The Morgan fingerprint density at radius 2 is 2.21 bits per heavy atom. The molecule has 128 valence electrons. The zero-order valence-electron chi connectivity index (χ0n) is 13.7. The largest absolute Gasteiger partial charge is 0.302 e. The second-order valence-electron chi connectivity index (χ2n) is 6.19. The van der Waals surface area contributed by atoms with Crippen LogP contribution in [0.4, 0.5) is 5.13 Å². The van der Waals surface area contributed by atoms with Crippen molar-refractivity contribution in [3.63, 3.8) is 0 Å². The van der Waals surface area contributed by atoms with E-state index in [1.165, 1.54) is 21.9 Å². The number of rotatable bonds is 6. The average molecular weight is 381 g/mol. The van der Waals surface area contributed by atoms with Crippen LogP contribution in [0, 0.1) is 5.92 Å². The zero-order chi connectivity index (χ0) is 16.9. The maximum absolute atomic E-state index is 12.1. The molecule has 6 heteroatoms. The molecule has 1 atom stereocenters. The summed E-state index contributed by atoms with van der Waals surface area (Å²) in [5.41, 5.74) is 1.19. The Balaban J connectivity index is 1.40. The van der Waals surface area contributed by atoms with Gasteiger partial charge in [-0.15, -0.1) is 23.1 Å². The van der Waals surface area contributed by atoms with Crippen molar-refractivity contribution < 1.29 is 4.79 Å². The van der Waals surface area contributed by atoms with E-state index in [-0.39, 0.29) is 5.91 Å². The smallest absolute Gasteiger partial charge is 0.226 e. The maximum Gasteiger partial charge on any atom is 0.226 e. The molecule has 0 radical (unpaired) electrons. The lowest BCUT2D eigenvalue weighted by molar-refractivity contribution is -0.116. The number of nitrogens with zero attached hydrogens (tertiary/aromatic N) is 1. The maximum atomic E-state index is 12.1. The summed E-state index contributed by atoms with van der Waals surface area (Å²) in [5, 5.41) is 4.48. The number of nitrogens with one attached hydrogen (secondary N) is 1. The number of thioether (sulfide) groups is 1. The van der Waals surface area contributed by atoms with Crippen molar-refractivity contribution in [2.24, 2.45) is 5.92 Å². The summed E-state index contributed by atoms with van der Waals surface area (Å²) in [7, 11) is 0. The third-order valence-electron chi connectivity index (χ3n) is 4.06. The van der Waals surface area contributed by atoms with E-state index in [0.717, 1.165) is 41.1 Å². The summed E-state index contributed by atoms with van der Waals surface area (Å²) >= 11 is 9.26. The minimum atomic E-state index is 0.0610. The van der Waals surface area contributed by atoms with E-state index in [1.54, 1.807) is 23.1 Å². The van der Waals surface area contributed by atoms with Crippen LogP contribution in [0.25, 0.3) is 0 Å². The Morgan fingerprint density at radius 1 is 1.42 bits per heavy atom. The van der Waals surface area contributed by atoms with E-state index >= 15 is 0 Å². The Labute approximate surface area is 156 Å². The predicted octanol–water partition coefficient (Wildman–Crippen LogP) is 5.43. The summed E-state index contributed by atoms with van der Waals surface area (Å²) in [5.74, 6) is 1.71. The number of hydrogen-bond donors (Lipinski definition) is 1. The molecule has 1 amide bonds. The first-order valence-corrected chi connectivity index (χ1v) is 10.4. The molecular weight excluding hydrogens is 360 g/mol. The van der Waals surface area contributed by atoms with Gasteiger partial charge in [-0.05, 0) is 61.6 Å². The highest BCUT2D eigenvalue weighted by Gasteiger charge is 2.20. The molecule has 3 nitrogen and oxygen atoms in total. The van der Waals surface area contributed by atoms with Gasteiger partial charge in [-0.3, -0.25) is 4.79 Å². The van der Waals surface area contributed by atoms with Crippen molar-refractivity contribution in [2.45, 2.75) is 43.9 Å². The van der Waals surface area contributed by atoms with Gasteiger partial charge in [-0.2, -0.15) is 0 Å². The average Bonchev–Trinajstić information content (AvgIpc) is 2.94. The highest BCUT2D eigenvalue weighted by molar-refractivity contribution is 7.99. The molecule has 0 spiro atoms. The lowest BCUT2D eigenvalue weighted by Crippen LogP contribution is -2.11. The number of hydrogen-bond acceptors (Lipinski definition) is 4. The highest BCUT2D eigenvalue weighted by Crippen LogP contribution is 2.32. The molecule has 1 aliphatic carbocycles. The summed E-state index contributed by atoms with van der Waals surface area (Å²) in [6, 6.07) is 7.80. The number of anilines is 1. The van der Waals surface area contributed by atoms with Crippen LogP contribution >= 0.6 is 34.7 Å². The zero-order valence-corrected chi connectivity index (χ0v) is 16.1. The molecule has 0 saturated carbocycles. The fourth-order valence-corrected chi connectivity index (χ4v) is 4.89. The molecule has 0 fully saturated rings. The van der Waals surface area contributed by atoms with Crippen LogP contribution in [0.3, 0.4) is 0 Å². The van der Waals surface area contributed by atoms with Gasteiger partial charge in [0.1, 0.15) is 0 Å². The first-order valence-electron chi connectivity index (χ1n) is 8.27. The Morgan fingerprint density at radius 3 is 3.00 bits per heavy atom. The number of thiazole rings is 1. The van der Waals surface area contributed by atoms with Gasteiger partial charge in [-0.1, -0.05) is 18.5 Å². The van der Waals surface area contributed by atoms with Gasteiger partial charge < -0.3 is 5.32 Å². The standard InChI is InChI=1S/C18H21ClN2OS2/c1-12-4-9-15-16(11-12)24-18(20-15)21-17(22)3-2-10-23-14-7-5-13(19)6-8-14/h5-8,12H,2-4,9-11H2,1H3,(H,20,21,22)/t12-/m1/s1. The van der Waals surface area contributed by atoms with Gasteiger partial charge in [0, 0.05) is 21.2 Å². The minimum Gasteiger partial charge on any atom is -0.302 e. The molecule has 2 aromatic rings. The molecule has 0 bridgehead atoms. The SMILES string of the molecule is C[C@@H]1CCc2nc(NC(=O)CCCSc3ccc(Cl)cc3)sc2C1. The summed E-state index contributed by atoms with van der Waals surface area (Å²) < 4.78 is 0. The molecule has 1 N–H and O–H groups in total. The lowest BCUT2D eigenvalue weighted by atomic mass is 9.93. The van der Waals surface area contributed by atoms with Gasteiger partial charge in [-0.25, -0.2) is 4.98 Å². The van der Waals surface area contributed by atoms with E-state index in [2.05, 4.69) is 17.2 Å². The van der Waals surface area contributed by atoms with Crippen LogP contribution in [-0.4, -0.2) is 16.6 Å². The first kappa shape index (κ1) is 17.8. The molecule has 1 heterocycles. The quantitative estimate of drug-likeness (QED) is 0.536. The molecule has 1 aromatic heterocycles. The number of fused-ring (bicyclic) bond motifs is 1. The van der Waals surface area contributed by atoms with Crippen molar-refractivity contribution in [3.8, 4) is 0 Å². The number of halogens is 1. The van der Waals surface area contributed by atoms with Crippen molar-refractivity contribution in [3.05, 3.63) is 39.9 Å². The number of amides is 1. The Bertz CT molecular complexity index is 700. The number of carbonyl (C=O) groups excluding carboxylic acids is 1. The first-order chi connectivity index (χ1) is 11.6. The van der Waals surface area contributed by atoms with Crippen molar-refractivity contribution in [1.82, 2.24) is 4.98 Å². The van der Waals surface area contributed by atoms with Crippen molar-refractivity contribution >= 4 is 45.7 Å². The summed E-state index contributed by atoms with van der Waals surface area (Å²) in [6.07, 6.45) is 4.72. The van der Waals surface area contributed by atoms with Crippen molar-refractivity contribution in [2.75, 3.05) is 11.1 Å². The summed E-state index contributed by atoms with van der Waals surface area (Å²) in [6.45, 7) is 2.28. The Kier molecular flexibility index (Phi) is 6.19. The number of benzene rings is 1. The van der Waals surface area contributed by atoms with Gasteiger partial charge in [0.15, 0.2) is 5.13 Å². The monoisotopic (exact) mass is 380 g/mol. The fraction of sp³-hybridized carbons (Fsp3) is 0.444. The highest BCUT2D eigenvalue weighted by atomic mass is 35.5. The molecule has 24 heavy (non-hydrogen) atoms. The van der Waals surface area contributed by atoms with Crippen LogP contribution in [0.15, 0.2) is 29.2 Å². The van der Waals surface area contributed by atoms with Crippen molar-refractivity contribution in [1.29, 1.82) is 0 Å². The van der Waals surface area contributed by atoms with Crippen LogP contribution in [0.5, 0.6) is 0 Å². The normalized spacial score (nSPS) is 16.7. The molecule has 0 unspecified atom stereocenters. The van der Waals surface area contributed by atoms with Gasteiger partial charge >= 0.3 is 0 Å². The van der Waals surface area contributed by atoms with Crippen LogP contribution in [-0.2, 0) is 17.6 Å².